The number of nitrogens with one attached hydrogen (secondary N) is 1. The molecule has 0 bridgehead atoms. The number of nitro groups is 1. The zero-order chi connectivity index (χ0) is 20.5. The van der Waals surface area contributed by atoms with Crippen LogP contribution in [0.4, 0.5) is 11.6 Å². The van der Waals surface area contributed by atoms with Gasteiger partial charge in [-0.1, -0.05) is 23.3 Å². The molecule has 1 atom stereocenters. The molecule has 0 aliphatic carbocycles. The van der Waals surface area contributed by atoms with Crippen LogP contribution < -0.4 is 5.32 Å². The van der Waals surface area contributed by atoms with Crippen molar-refractivity contribution in [1.29, 1.82) is 0 Å². The van der Waals surface area contributed by atoms with Crippen LogP contribution in [0.2, 0.25) is 0 Å². The van der Waals surface area contributed by atoms with Crippen molar-refractivity contribution in [2.45, 2.75) is 6.04 Å². The van der Waals surface area contributed by atoms with Crippen molar-refractivity contribution in [3.05, 3.63) is 73.6 Å². The Kier molecular flexibility index (Phi) is 4.60. The Morgan fingerprint density at radius 2 is 2.14 bits per heavy atom. The second kappa shape index (κ2) is 7.24. The fourth-order valence-corrected chi connectivity index (χ4v) is 3.83. The van der Waals surface area contributed by atoms with Gasteiger partial charge in [-0.25, -0.2) is 4.79 Å². The summed E-state index contributed by atoms with van der Waals surface area (Å²) in [6.07, 6.45) is 0. The molecule has 1 aliphatic heterocycles. The Bertz CT molecular complexity index is 1150. The summed E-state index contributed by atoms with van der Waals surface area (Å²) in [5.74, 6) is -1.20. The van der Waals surface area contributed by atoms with Crippen LogP contribution in [0.25, 0.3) is 0 Å². The van der Waals surface area contributed by atoms with Crippen molar-refractivity contribution >= 4 is 34.7 Å². The van der Waals surface area contributed by atoms with E-state index in [0.29, 0.717) is 4.88 Å². The van der Waals surface area contributed by atoms with E-state index < -0.39 is 22.7 Å². The fourth-order valence-electron chi connectivity index (χ4n) is 3.01. The van der Waals surface area contributed by atoms with Gasteiger partial charge in [0.1, 0.15) is 11.7 Å². The number of allylic oxidation sites excluding steroid dienone is 1. The third-order valence-electron chi connectivity index (χ3n) is 4.28. The average Bonchev–Trinajstić information content (AvgIpc) is 3.43. The number of thiophene rings is 1. The first-order valence-corrected chi connectivity index (χ1v) is 9.09. The van der Waals surface area contributed by atoms with Crippen LogP contribution in [0.15, 0.2) is 53.0 Å². The maximum Gasteiger partial charge on any atom is 0.355 e. The monoisotopic (exact) mass is 412 g/mol. The van der Waals surface area contributed by atoms with Gasteiger partial charge in [-0.15, -0.1) is 11.3 Å². The highest BCUT2D eigenvalue weighted by Crippen LogP contribution is 2.38. The van der Waals surface area contributed by atoms with Gasteiger partial charge in [0.25, 0.3) is 5.69 Å². The molecule has 11 nitrogen and oxygen atoms in total. The summed E-state index contributed by atoms with van der Waals surface area (Å²) in [6.45, 7) is 0. The fraction of sp³-hybridized carbons (Fsp3) is 0.118. The number of rotatable bonds is 5. The first-order valence-electron chi connectivity index (χ1n) is 8.21. The minimum atomic E-state index is -0.804. The van der Waals surface area contributed by atoms with E-state index in [1.807, 2.05) is 5.38 Å². The number of aromatic nitrogens is 4. The number of non-ortho nitro benzene ring substituents is 1. The lowest BCUT2D eigenvalue weighted by Crippen LogP contribution is -2.32. The number of benzene rings is 1. The van der Waals surface area contributed by atoms with Crippen molar-refractivity contribution in [2.75, 3.05) is 12.4 Å². The maximum atomic E-state index is 13.4. The first kappa shape index (κ1) is 18.4. The van der Waals surface area contributed by atoms with Crippen LogP contribution in [-0.4, -0.2) is 44.0 Å². The third-order valence-corrected chi connectivity index (χ3v) is 5.21. The van der Waals surface area contributed by atoms with E-state index in [2.05, 4.69) is 20.8 Å². The molecule has 1 aromatic carbocycles. The first-order chi connectivity index (χ1) is 14.0. The smallest absolute Gasteiger partial charge is 0.355 e. The van der Waals surface area contributed by atoms with E-state index in [-0.39, 0.29) is 28.5 Å². The van der Waals surface area contributed by atoms with E-state index in [1.165, 1.54) is 41.3 Å². The number of nitrogens with zero attached hydrogens (tertiary/aromatic N) is 5. The lowest BCUT2D eigenvalue weighted by molar-refractivity contribution is -0.384. The third kappa shape index (κ3) is 3.14. The molecule has 12 heteroatoms. The molecular weight excluding hydrogens is 400 g/mol. The van der Waals surface area contributed by atoms with Crippen molar-refractivity contribution in [3.8, 4) is 0 Å². The molecule has 4 rings (SSSR count). The second-order valence-corrected chi connectivity index (χ2v) is 6.89. The second-order valence-electron chi connectivity index (χ2n) is 5.91. The number of nitro benzene ring substituents is 1. The topological polar surface area (TPSA) is 142 Å². The normalized spacial score (nSPS) is 15.4. The number of hydrogen-bond donors (Lipinski definition) is 1. The molecule has 0 radical (unpaired) electrons. The van der Waals surface area contributed by atoms with E-state index in [1.54, 1.807) is 12.1 Å². The van der Waals surface area contributed by atoms with Gasteiger partial charge in [0, 0.05) is 22.6 Å². The number of Topliss-reactive ketones (excluding diaryl/α,β-unsaturated/α-hetero) is 1. The van der Waals surface area contributed by atoms with Crippen molar-refractivity contribution < 1.29 is 19.2 Å². The predicted octanol–water partition coefficient (Wildman–Crippen LogP) is 1.97. The highest BCUT2D eigenvalue weighted by Gasteiger charge is 2.39. The molecule has 0 fully saturated rings. The number of carbonyl (C=O) groups is 2. The SMILES string of the molecule is COC(=O)C1=C(C(=O)c2cccc([N+](=O)[O-])c2)[C@@H](c2cccs2)n2nnnc2N1. The van der Waals surface area contributed by atoms with Crippen LogP contribution in [0.3, 0.4) is 0 Å². The number of hydrogen-bond acceptors (Lipinski definition) is 10. The highest BCUT2D eigenvalue weighted by molar-refractivity contribution is 7.10. The molecule has 0 spiro atoms. The number of tetrazole rings is 1. The quantitative estimate of drug-likeness (QED) is 0.288. The van der Waals surface area contributed by atoms with E-state index >= 15 is 0 Å². The minimum Gasteiger partial charge on any atom is -0.464 e. The van der Waals surface area contributed by atoms with Crippen LogP contribution in [0.1, 0.15) is 21.3 Å². The summed E-state index contributed by atoms with van der Waals surface area (Å²) >= 11 is 1.35. The summed E-state index contributed by atoms with van der Waals surface area (Å²) in [7, 11) is 1.18. The average molecular weight is 412 g/mol. The van der Waals surface area contributed by atoms with Gasteiger partial charge < -0.3 is 10.1 Å². The van der Waals surface area contributed by atoms with Gasteiger partial charge in [0.15, 0.2) is 5.78 Å². The Morgan fingerprint density at radius 1 is 1.31 bits per heavy atom. The lowest BCUT2D eigenvalue weighted by atomic mass is 9.92. The number of methoxy groups -OCH3 is 1. The summed E-state index contributed by atoms with van der Waals surface area (Å²) in [5, 5.41) is 27.1. The Balaban J connectivity index is 1.93. The maximum absolute atomic E-state index is 13.4. The van der Waals surface area contributed by atoms with Gasteiger partial charge >= 0.3 is 5.97 Å². The molecule has 0 saturated carbocycles. The Hall–Kier alpha value is -3.93. The van der Waals surface area contributed by atoms with Crippen LogP contribution >= 0.6 is 11.3 Å². The number of carbonyl (C=O) groups excluding carboxylic acids is 2. The van der Waals surface area contributed by atoms with Gasteiger partial charge in [-0.2, -0.15) is 4.68 Å². The highest BCUT2D eigenvalue weighted by atomic mass is 32.1. The number of ketones is 1. The molecule has 3 aromatic rings. The molecule has 1 N–H and O–H groups in total. The summed E-state index contributed by atoms with van der Waals surface area (Å²) in [6, 6.07) is 8.05. The van der Waals surface area contributed by atoms with Crippen molar-refractivity contribution in [2.24, 2.45) is 0 Å². The molecule has 2 aromatic heterocycles. The molecule has 29 heavy (non-hydrogen) atoms. The molecule has 0 amide bonds. The van der Waals surface area contributed by atoms with Crippen molar-refractivity contribution in [1.82, 2.24) is 20.2 Å². The van der Waals surface area contributed by atoms with E-state index in [4.69, 9.17) is 4.74 Å². The number of anilines is 1. The summed E-state index contributed by atoms with van der Waals surface area (Å²) in [4.78, 5) is 37.1. The van der Waals surface area contributed by atoms with Crippen molar-refractivity contribution in [3.63, 3.8) is 0 Å². The lowest BCUT2D eigenvalue weighted by Gasteiger charge is -2.27. The standard InChI is InChI=1S/C17H12N6O5S/c1-28-16(25)13-12(15(24)9-4-2-5-10(8-9)23(26)27)14(11-6-3-7-29-11)22-17(18-13)19-20-21-22/h2-8,14H,1H3,(H,18,19,21)/t14-/m1/s1. The van der Waals surface area contributed by atoms with E-state index in [0.717, 1.165) is 6.07 Å². The summed E-state index contributed by atoms with van der Waals surface area (Å²) < 4.78 is 6.21. The number of fused-ring (bicyclic) bond motifs is 1. The van der Waals surface area contributed by atoms with Crippen LogP contribution in [0, 0.1) is 10.1 Å². The molecule has 1 aliphatic rings. The van der Waals surface area contributed by atoms with Gasteiger partial charge in [-0.05, 0) is 21.9 Å². The minimum absolute atomic E-state index is 0.0274. The zero-order valence-electron chi connectivity index (χ0n) is 14.8. The Morgan fingerprint density at radius 3 is 2.83 bits per heavy atom. The van der Waals surface area contributed by atoms with Crippen LogP contribution in [-0.2, 0) is 9.53 Å². The molecule has 0 unspecified atom stereocenters. The molecule has 146 valence electrons. The van der Waals surface area contributed by atoms with Gasteiger partial charge in [0.05, 0.1) is 17.6 Å². The molecular formula is C17H12N6O5S. The summed E-state index contributed by atoms with van der Waals surface area (Å²) in [5.41, 5.74) is -0.282. The number of esters is 1. The van der Waals surface area contributed by atoms with Crippen LogP contribution in [0.5, 0.6) is 0 Å². The van der Waals surface area contributed by atoms with Gasteiger partial charge in [-0.3, -0.25) is 14.9 Å². The molecule has 3 heterocycles. The van der Waals surface area contributed by atoms with Gasteiger partial charge in [0.2, 0.25) is 5.95 Å². The van der Waals surface area contributed by atoms with E-state index in [9.17, 15) is 19.7 Å². The molecule has 0 saturated heterocycles. The zero-order valence-corrected chi connectivity index (χ0v) is 15.6. The Labute approximate surface area is 166 Å². The number of ether oxygens (including phenoxy) is 1. The largest absolute Gasteiger partial charge is 0.464 e. The predicted molar refractivity (Wildman–Crippen MR) is 100 cm³/mol.